The molecule has 1 N–H and O–H groups in total. The molecule has 0 saturated heterocycles. The van der Waals surface area contributed by atoms with Crippen LogP contribution >= 0.6 is 0 Å². The van der Waals surface area contributed by atoms with E-state index in [9.17, 15) is 4.79 Å². The van der Waals surface area contributed by atoms with Crippen molar-refractivity contribution in [3.8, 4) is 17.2 Å². The average Bonchev–Trinajstić information content (AvgIpc) is 3.21. The van der Waals surface area contributed by atoms with Gasteiger partial charge in [-0.15, -0.1) is 0 Å². The summed E-state index contributed by atoms with van der Waals surface area (Å²) in [6.07, 6.45) is 0.968. The zero-order valence-corrected chi connectivity index (χ0v) is 18.9. The SMILES string of the molecule is COc1ccccc1CCC(=O)Nc1ccc2nc(-c3ccc(C(C)(C)C)cc3)oc2c1. The predicted molar refractivity (Wildman–Crippen MR) is 128 cm³/mol. The van der Waals surface area contributed by atoms with Crippen LogP contribution in [0.4, 0.5) is 5.69 Å². The fourth-order valence-corrected chi connectivity index (χ4v) is 3.62. The van der Waals surface area contributed by atoms with Gasteiger partial charge in [0.2, 0.25) is 11.8 Å². The third kappa shape index (κ3) is 4.83. The molecule has 4 aromatic rings. The number of aromatic nitrogens is 1. The fourth-order valence-electron chi connectivity index (χ4n) is 3.62. The second kappa shape index (κ2) is 8.87. The highest BCUT2D eigenvalue weighted by atomic mass is 16.5. The van der Waals surface area contributed by atoms with Crippen molar-refractivity contribution < 1.29 is 13.9 Å². The Morgan fingerprint density at radius 2 is 1.78 bits per heavy atom. The van der Waals surface area contributed by atoms with Gasteiger partial charge < -0.3 is 14.5 Å². The molecule has 0 saturated carbocycles. The summed E-state index contributed by atoms with van der Waals surface area (Å²) in [6.45, 7) is 6.56. The van der Waals surface area contributed by atoms with Crippen LogP contribution < -0.4 is 10.1 Å². The van der Waals surface area contributed by atoms with E-state index in [0.717, 1.165) is 22.4 Å². The first-order chi connectivity index (χ1) is 15.3. The van der Waals surface area contributed by atoms with E-state index in [1.165, 1.54) is 5.56 Å². The Bertz CT molecular complexity index is 1230. The van der Waals surface area contributed by atoms with E-state index in [1.54, 1.807) is 7.11 Å². The first kappa shape index (κ1) is 21.6. The zero-order valence-electron chi connectivity index (χ0n) is 18.9. The number of oxazole rings is 1. The van der Waals surface area contributed by atoms with Gasteiger partial charge in [-0.05, 0) is 53.3 Å². The molecule has 4 rings (SSSR count). The van der Waals surface area contributed by atoms with E-state index in [2.05, 4.69) is 43.2 Å². The predicted octanol–water partition coefficient (Wildman–Crippen LogP) is 6.37. The number of hydrogen-bond donors (Lipinski definition) is 1. The average molecular weight is 429 g/mol. The molecule has 0 aliphatic carbocycles. The summed E-state index contributed by atoms with van der Waals surface area (Å²) in [7, 11) is 1.64. The number of methoxy groups -OCH3 is 1. The fraction of sp³-hybridized carbons (Fsp3) is 0.259. The number of hydrogen-bond acceptors (Lipinski definition) is 4. The maximum Gasteiger partial charge on any atom is 0.227 e. The molecule has 32 heavy (non-hydrogen) atoms. The molecule has 0 atom stereocenters. The highest BCUT2D eigenvalue weighted by Crippen LogP contribution is 2.29. The van der Waals surface area contributed by atoms with Crippen LogP contribution in [0.1, 0.15) is 38.3 Å². The van der Waals surface area contributed by atoms with Crippen LogP contribution in [-0.2, 0) is 16.6 Å². The smallest absolute Gasteiger partial charge is 0.227 e. The molecular formula is C27H28N2O3. The minimum atomic E-state index is -0.0623. The molecule has 3 aromatic carbocycles. The summed E-state index contributed by atoms with van der Waals surface area (Å²) in [5.41, 5.74) is 5.38. The van der Waals surface area contributed by atoms with Crippen LogP contribution in [0.15, 0.2) is 71.1 Å². The van der Waals surface area contributed by atoms with Gasteiger partial charge in [-0.2, -0.15) is 0 Å². The standard InChI is InChI=1S/C27H28N2O3/c1-27(2,3)20-12-9-19(10-13-20)26-29-22-15-14-21(17-24(22)32-26)28-25(30)16-11-18-7-5-6-8-23(18)31-4/h5-10,12-15,17H,11,16H2,1-4H3,(H,28,30). The zero-order chi connectivity index (χ0) is 22.7. The first-order valence-electron chi connectivity index (χ1n) is 10.8. The Labute approximate surface area is 188 Å². The molecule has 0 aliphatic rings. The van der Waals surface area contributed by atoms with Crippen molar-refractivity contribution in [3.63, 3.8) is 0 Å². The number of aryl methyl sites for hydroxylation is 1. The lowest BCUT2D eigenvalue weighted by Crippen LogP contribution is -2.12. The van der Waals surface area contributed by atoms with Gasteiger partial charge in [0, 0.05) is 23.7 Å². The largest absolute Gasteiger partial charge is 0.496 e. The normalized spacial score (nSPS) is 11.5. The Hall–Kier alpha value is -3.60. The molecule has 0 radical (unpaired) electrons. The molecule has 0 bridgehead atoms. The third-order valence-electron chi connectivity index (χ3n) is 5.48. The van der Waals surface area contributed by atoms with E-state index < -0.39 is 0 Å². The Kier molecular flexibility index (Phi) is 5.99. The molecule has 5 nitrogen and oxygen atoms in total. The number of ether oxygens (including phenoxy) is 1. The van der Waals surface area contributed by atoms with Crippen LogP contribution in [0, 0.1) is 0 Å². The van der Waals surface area contributed by atoms with E-state index in [4.69, 9.17) is 9.15 Å². The Balaban J connectivity index is 1.45. The quantitative estimate of drug-likeness (QED) is 0.387. The molecule has 164 valence electrons. The number of nitrogens with one attached hydrogen (secondary N) is 1. The van der Waals surface area contributed by atoms with Crippen LogP contribution in [0.5, 0.6) is 5.75 Å². The van der Waals surface area contributed by atoms with Crippen molar-refractivity contribution in [2.24, 2.45) is 0 Å². The minimum absolute atomic E-state index is 0.0623. The molecule has 0 fully saturated rings. The summed E-state index contributed by atoms with van der Waals surface area (Å²) in [5.74, 6) is 1.30. The van der Waals surface area contributed by atoms with Gasteiger partial charge in [-0.25, -0.2) is 4.98 Å². The van der Waals surface area contributed by atoms with E-state index in [0.29, 0.717) is 30.0 Å². The number of para-hydroxylation sites is 1. The summed E-state index contributed by atoms with van der Waals surface area (Å²) < 4.78 is 11.3. The van der Waals surface area contributed by atoms with Crippen LogP contribution in [-0.4, -0.2) is 18.0 Å². The van der Waals surface area contributed by atoms with Crippen molar-refractivity contribution in [2.75, 3.05) is 12.4 Å². The van der Waals surface area contributed by atoms with Gasteiger partial charge in [0.25, 0.3) is 0 Å². The maximum atomic E-state index is 12.5. The number of anilines is 1. The molecular weight excluding hydrogens is 400 g/mol. The van der Waals surface area contributed by atoms with Crippen molar-refractivity contribution in [1.29, 1.82) is 0 Å². The monoisotopic (exact) mass is 428 g/mol. The number of benzene rings is 3. The highest BCUT2D eigenvalue weighted by Gasteiger charge is 2.15. The number of fused-ring (bicyclic) bond motifs is 1. The highest BCUT2D eigenvalue weighted by molar-refractivity contribution is 5.93. The van der Waals surface area contributed by atoms with Crippen molar-refractivity contribution in [1.82, 2.24) is 4.98 Å². The van der Waals surface area contributed by atoms with E-state index >= 15 is 0 Å². The summed E-state index contributed by atoms with van der Waals surface area (Å²) in [5, 5.41) is 2.95. The molecule has 1 amide bonds. The molecule has 1 aromatic heterocycles. The van der Waals surface area contributed by atoms with Gasteiger partial charge >= 0.3 is 0 Å². The van der Waals surface area contributed by atoms with Gasteiger partial charge in [0.05, 0.1) is 7.11 Å². The first-order valence-corrected chi connectivity index (χ1v) is 10.8. The number of carbonyl (C=O) groups is 1. The summed E-state index contributed by atoms with van der Waals surface area (Å²) >= 11 is 0. The van der Waals surface area contributed by atoms with E-state index in [1.807, 2.05) is 54.6 Å². The molecule has 0 spiro atoms. The van der Waals surface area contributed by atoms with Gasteiger partial charge in [0.1, 0.15) is 11.3 Å². The topological polar surface area (TPSA) is 64.4 Å². The van der Waals surface area contributed by atoms with Crippen LogP contribution in [0.25, 0.3) is 22.6 Å². The molecule has 0 aliphatic heterocycles. The Morgan fingerprint density at radius 3 is 2.50 bits per heavy atom. The number of carbonyl (C=O) groups excluding carboxylic acids is 1. The van der Waals surface area contributed by atoms with Crippen LogP contribution in [0.2, 0.25) is 0 Å². The van der Waals surface area contributed by atoms with Crippen molar-refractivity contribution >= 4 is 22.7 Å². The molecule has 0 unspecified atom stereocenters. The van der Waals surface area contributed by atoms with Gasteiger partial charge in [0.15, 0.2) is 5.58 Å². The third-order valence-corrected chi connectivity index (χ3v) is 5.48. The van der Waals surface area contributed by atoms with E-state index in [-0.39, 0.29) is 11.3 Å². The van der Waals surface area contributed by atoms with Crippen molar-refractivity contribution in [3.05, 3.63) is 77.9 Å². The number of amides is 1. The second-order valence-corrected chi connectivity index (χ2v) is 8.89. The maximum absolute atomic E-state index is 12.5. The minimum Gasteiger partial charge on any atom is -0.496 e. The lowest BCUT2D eigenvalue weighted by atomic mass is 9.87. The number of rotatable bonds is 6. The van der Waals surface area contributed by atoms with Crippen LogP contribution in [0.3, 0.4) is 0 Å². The Morgan fingerprint density at radius 1 is 1.03 bits per heavy atom. The molecule has 1 heterocycles. The number of nitrogens with zero attached hydrogens (tertiary/aromatic N) is 1. The molecule has 5 heteroatoms. The lowest BCUT2D eigenvalue weighted by Gasteiger charge is -2.18. The lowest BCUT2D eigenvalue weighted by molar-refractivity contribution is -0.116. The van der Waals surface area contributed by atoms with Gasteiger partial charge in [-0.1, -0.05) is 51.1 Å². The summed E-state index contributed by atoms with van der Waals surface area (Å²) in [4.78, 5) is 17.1. The van der Waals surface area contributed by atoms with Gasteiger partial charge in [-0.3, -0.25) is 4.79 Å². The second-order valence-electron chi connectivity index (χ2n) is 8.89. The van der Waals surface area contributed by atoms with Crippen molar-refractivity contribution in [2.45, 2.75) is 39.0 Å². The summed E-state index contributed by atoms with van der Waals surface area (Å²) in [6, 6.07) is 21.6.